The average Bonchev–Trinajstić information content (AvgIpc) is 2.30. The smallest absolute Gasteiger partial charge is 0.251 e. The molecule has 0 radical (unpaired) electrons. The van der Waals surface area contributed by atoms with Crippen LogP contribution in [0.3, 0.4) is 0 Å². The van der Waals surface area contributed by atoms with Gasteiger partial charge in [0.2, 0.25) is 5.91 Å². The van der Waals surface area contributed by atoms with Crippen LogP contribution in [-0.4, -0.2) is 23.7 Å². The van der Waals surface area contributed by atoms with Crippen molar-refractivity contribution in [1.82, 2.24) is 5.32 Å². The second-order valence-corrected chi connectivity index (χ2v) is 5.16. The summed E-state index contributed by atoms with van der Waals surface area (Å²) in [6, 6.07) is 4.70. The predicted octanol–water partition coefficient (Wildman–Crippen LogP) is 2.42. The van der Waals surface area contributed by atoms with Gasteiger partial charge in [-0.05, 0) is 25.1 Å². The molecule has 0 aliphatic heterocycles. The molecule has 2 N–H and O–H groups in total. The first-order valence-electron chi connectivity index (χ1n) is 4.92. The molecule has 0 bridgehead atoms. The lowest BCUT2D eigenvalue weighted by molar-refractivity contribution is -0.115. The van der Waals surface area contributed by atoms with Crippen molar-refractivity contribution in [2.24, 2.45) is 0 Å². The van der Waals surface area contributed by atoms with Crippen molar-refractivity contribution in [2.75, 3.05) is 12.4 Å². The van der Waals surface area contributed by atoms with Crippen LogP contribution in [0.2, 0.25) is 5.02 Å². The molecule has 2 amide bonds. The maximum atomic E-state index is 11.5. The molecule has 0 aliphatic rings. The van der Waals surface area contributed by atoms with Crippen LogP contribution in [-0.2, 0) is 4.79 Å². The van der Waals surface area contributed by atoms with Crippen molar-refractivity contribution in [3.05, 3.63) is 28.8 Å². The minimum absolute atomic E-state index is 0.221. The number of anilines is 1. The Labute approximate surface area is 113 Å². The molecular formula is C11H12BrClN2O2. The number of benzene rings is 1. The zero-order chi connectivity index (χ0) is 13.0. The highest BCUT2D eigenvalue weighted by atomic mass is 79.9. The van der Waals surface area contributed by atoms with E-state index in [0.29, 0.717) is 16.3 Å². The van der Waals surface area contributed by atoms with Gasteiger partial charge in [-0.2, -0.15) is 0 Å². The molecule has 0 fully saturated rings. The van der Waals surface area contributed by atoms with E-state index in [1.165, 1.54) is 13.1 Å². The number of nitrogens with one attached hydrogen (secondary N) is 2. The van der Waals surface area contributed by atoms with E-state index in [-0.39, 0.29) is 16.6 Å². The van der Waals surface area contributed by atoms with E-state index in [1.807, 2.05) is 0 Å². The lowest BCUT2D eigenvalue weighted by atomic mass is 10.2. The Morgan fingerprint density at radius 3 is 2.59 bits per heavy atom. The SMILES string of the molecule is CNC(=O)c1ccc(Cl)c(NC(=O)C(C)Br)c1. The minimum Gasteiger partial charge on any atom is -0.355 e. The largest absolute Gasteiger partial charge is 0.355 e. The highest BCUT2D eigenvalue weighted by Gasteiger charge is 2.12. The molecule has 1 atom stereocenters. The number of hydrogen-bond acceptors (Lipinski definition) is 2. The van der Waals surface area contributed by atoms with Gasteiger partial charge in [-0.3, -0.25) is 9.59 Å². The van der Waals surface area contributed by atoms with Crippen LogP contribution in [0.1, 0.15) is 17.3 Å². The molecule has 1 unspecified atom stereocenters. The summed E-state index contributed by atoms with van der Waals surface area (Å²) < 4.78 is 0. The third kappa shape index (κ3) is 3.71. The standard InChI is InChI=1S/C11H12BrClN2O2/c1-6(12)10(16)15-9-5-7(11(17)14-2)3-4-8(9)13/h3-6H,1-2H3,(H,14,17)(H,15,16). The summed E-state index contributed by atoms with van der Waals surface area (Å²) in [6.45, 7) is 1.70. The zero-order valence-electron chi connectivity index (χ0n) is 9.38. The van der Waals surface area contributed by atoms with Gasteiger partial charge >= 0.3 is 0 Å². The molecule has 6 heteroatoms. The van der Waals surface area contributed by atoms with Crippen molar-refractivity contribution in [1.29, 1.82) is 0 Å². The van der Waals surface area contributed by atoms with Crippen molar-refractivity contribution >= 4 is 45.0 Å². The first-order chi connectivity index (χ1) is 7.95. The number of halogens is 2. The van der Waals surface area contributed by atoms with Crippen molar-refractivity contribution < 1.29 is 9.59 Å². The number of carbonyl (C=O) groups excluding carboxylic acids is 2. The molecule has 0 aromatic heterocycles. The third-order valence-electron chi connectivity index (χ3n) is 2.07. The Morgan fingerprint density at radius 1 is 1.41 bits per heavy atom. The third-order valence-corrected chi connectivity index (χ3v) is 2.82. The number of amides is 2. The van der Waals surface area contributed by atoms with Gasteiger partial charge < -0.3 is 10.6 Å². The Balaban J connectivity index is 2.99. The van der Waals surface area contributed by atoms with Crippen molar-refractivity contribution in [2.45, 2.75) is 11.8 Å². The van der Waals surface area contributed by atoms with Gasteiger partial charge in [-0.25, -0.2) is 0 Å². The lowest BCUT2D eigenvalue weighted by Crippen LogP contribution is -2.21. The topological polar surface area (TPSA) is 58.2 Å². The van der Waals surface area contributed by atoms with Crippen LogP contribution >= 0.6 is 27.5 Å². The van der Waals surface area contributed by atoms with Gasteiger partial charge in [0.1, 0.15) is 0 Å². The Hall–Kier alpha value is -1.07. The number of alkyl halides is 1. The second kappa shape index (κ2) is 6.02. The monoisotopic (exact) mass is 318 g/mol. The van der Waals surface area contributed by atoms with E-state index in [2.05, 4.69) is 26.6 Å². The average molecular weight is 320 g/mol. The van der Waals surface area contributed by atoms with Gasteiger partial charge in [-0.1, -0.05) is 27.5 Å². The molecule has 92 valence electrons. The summed E-state index contributed by atoms with van der Waals surface area (Å²) >= 11 is 9.08. The highest BCUT2D eigenvalue weighted by molar-refractivity contribution is 9.10. The summed E-state index contributed by atoms with van der Waals surface area (Å²) in [5.74, 6) is -0.454. The molecule has 1 aromatic carbocycles. The Morgan fingerprint density at radius 2 is 2.06 bits per heavy atom. The Kier molecular flexibility index (Phi) is 4.96. The predicted molar refractivity (Wildman–Crippen MR) is 71.9 cm³/mol. The van der Waals surface area contributed by atoms with Crippen molar-refractivity contribution in [3.8, 4) is 0 Å². The molecular weight excluding hydrogens is 307 g/mol. The van der Waals surface area contributed by atoms with E-state index in [9.17, 15) is 9.59 Å². The summed E-state index contributed by atoms with van der Waals surface area (Å²) in [5, 5.41) is 5.52. The highest BCUT2D eigenvalue weighted by Crippen LogP contribution is 2.23. The fourth-order valence-corrected chi connectivity index (χ4v) is 1.42. The van der Waals surface area contributed by atoms with Crippen LogP contribution in [0, 0.1) is 0 Å². The molecule has 4 nitrogen and oxygen atoms in total. The number of hydrogen-bond donors (Lipinski definition) is 2. The molecule has 0 aliphatic carbocycles. The molecule has 0 spiro atoms. The second-order valence-electron chi connectivity index (χ2n) is 3.38. The van der Waals surface area contributed by atoms with Crippen LogP contribution in [0.5, 0.6) is 0 Å². The number of rotatable bonds is 3. The van der Waals surface area contributed by atoms with Crippen LogP contribution in [0.15, 0.2) is 18.2 Å². The van der Waals surface area contributed by atoms with Gasteiger partial charge in [0.05, 0.1) is 15.5 Å². The van der Waals surface area contributed by atoms with E-state index >= 15 is 0 Å². The van der Waals surface area contributed by atoms with Crippen molar-refractivity contribution in [3.63, 3.8) is 0 Å². The van der Waals surface area contributed by atoms with Gasteiger partial charge in [0.25, 0.3) is 5.91 Å². The first-order valence-corrected chi connectivity index (χ1v) is 6.21. The van der Waals surface area contributed by atoms with Crippen LogP contribution < -0.4 is 10.6 Å². The summed E-state index contributed by atoms with van der Waals surface area (Å²) in [7, 11) is 1.54. The van der Waals surface area contributed by atoms with Crippen LogP contribution in [0.25, 0.3) is 0 Å². The van der Waals surface area contributed by atoms with E-state index in [1.54, 1.807) is 19.1 Å². The van der Waals surface area contributed by atoms with E-state index in [0.717, 1.165) is 0 Å². The molecule has 1 aromatic rings. The minimum atomic E-state index is -0.331. The number of carbonyl (C=O) groups is 2. The van der Waals surface area contributed by atoms with Gasteiger partial charge in [0.15, 0.2) is 0 Å². The molecule has 17 heavy (non-hydrogen) atoms. The maximum Gasteiger partial charge on any atom is 0.251 e. The summed E-state index contributed by atoms with van der Waals surface area (Å²) in [6.07, 6.45) is 0. The summed E-state index contributed by atoms with van der Waals surface area (Å²) in [4.78, 5) is 22.6. The van der Waals surface area contributed by atoms with E-state index < -0.39 is 0 Å². The molecule has 0 saturated heterocycles. The fraction of sp³-hybridized carbons (Fsp3) is 0.273. The molecule has 0 heterocycles. The first kappa shape index (κ1) is 14.0. The van der Waals surface area contributed by atoms with Gasteiger partial charge in [-0.15, -0.1) is 0 Å². The normalized spacial score (nSPS) is 11.8. The van der Waals surface area contributed by atoms with Crippen LogP contribution in [0.4, 0.5) is 5.69 Å². The van der Waals surface area contributed by atoms with E-state index in [4.69, 9.17) is 11.6 Å². The maximum absolute atomic E-state index is 11.5. The fourth-order valence-electron chi connectivity index (χ4n) is 1.14. The zero-order valence-corrected chi connectivity index (χ0v) is 11.7. The Bertz CT molecular complexity index is 449. The van der Waals surface area contributed by atoms with Gasteiger partial charge in [0, 0.05) is 12.6 Å². The summed E-state index contributed by atoms with van der Waals surface area (Å²) in [5.41, 5.74) is 0.860. The molecule has 0 saturated carbocycles. The molecule has 1 rings (SSSR count). The quantitative estimate of drug-likeness (QED) is 0.841. The lowest BCUT2D eigenvalue weighted by Gasteiger charge is -2.10.